The summed E-state index contributed by atoms with van der Waals surface area (Å²) in [7, 11) is 1.53. The van der Waals surface area contributed by atoms with Crippen LogP contribution in [0.1, 0.15) is 36.6 Å². The van der Waals surface area contributed by atoms with E-state index < -0.39 is 17.7 Å². The normalized spacial score (nSPS) is 18.1. The average Bonchev–Trinajstić information content (AvgIpc) is 3.01. The van der Waals surface area contributed by atoms with Gasteiger partial charge in [-0.2, -0.15) is 0 Å². The molecule has 1 atom stereocenters. The number of aliphatic hydroxyl groups excluding tert-OH is 1. The Morgan fingerprint density at radius 3 is 2.52 bits per heavy atom. The lowest BCUT2D eigenvalue weighted by Gasteiger charge is -2.24. The molecular weight excluding hydrogens is 396 g/mol. The second-order valence-corrected chi connectivity index (χ2v) is 7.95. The summed E-state index contributed by atoms with van der Waals surface area (Å²) in [6.45, 7) is 7.10. The standard InChI is InChI=1S/C24H28N2O5/c1-15(2)14-31-19-6-5-18(13-16(19)3)22(27)20-21(17-7-9-25-10-8-17)26(11-12-30-4)24(29)23(20)28/h5-10,13,15,21,27H,11-12,14H2,1-4H3. The van der Waals surface area contributed by atoms with E-state index in [9.17, 15) is 14.7 Å². The molecule has 1 amide bonds. The van der Waals surface area contributed by atoms with Crippen LogP contribution in [0.3, 0.4) is 0 Å². The van der Waals surface area contributed by atoms with Crippen molar-refractivity contribution in [1.82, 2.24) is 9.88 Å². The van der Waals surface area contributed by atoms with E-state index in [-0.39, 0.29) is 24.5 Å². The van der Waals surface area contributed by atoms with E-state index in [0.29, 0.717) is 23.7 Å². The van der Waals surface area contributed by atoms with Gasteiger partial charge in [-0.1, -0.05) is 13.8 Å². The molecule has 0 aliphatic carbocycles. The Morgan fingerprint density at radius 1 is 1.19 bits per heavy atom. The lowest BCUT2D eigenvalue weighted by atomic mass is 9.95. The minimum Gasteiger partial charge on any atom is -0.507 e. The summed E-state index contributed by atoms with van der Waals surface area (Å²) in [5.74, 6) is -0.479. The van der Waals surface area contributed by atoms with Gasteiger partial charge in [-0.15, -0.1) is 0 Å². The van der Waals surface area contributed by atoms with Gasteiger partial charge < -0.3 is 19.5 Å². The van der Waals surface area contributed by atoms with Gasteiger partial charge in [0.05, 0.1) is 24.8 Å². The quantitative estimate of drug-likeness (QED) is 0.396. The van der Waals surface area contributed by atoms with Gasteiger partial charge in [-0.25, -0.2) is 0 Å². The molecule has 3 rings (SSSR count). The van der Waals surface area contributed by atoms with Crippen LogP contribution in [0.15, 0.2) is 48.3 Å². The maximum Gasteiger partial charge on any atom is 0.295 e. The molecule has 1 aromatic carbocycles. The smallest absolute Gasteiger partial charge is 0.295 e. The van der Waals surface area contributed by atoms with Gasteiger partial charge in [0.25, 0.3) is 11.7 Å². The molecule has 7 heteroatoms. The van der Waals surface area contributed by atoms with Crippen LogP contribution >= 0.6 is 0 Å². The summed E-state index contributed by atoms with van der Waals surface area (Å²) in [4.78, 5) is 31.1. The number of likely N-dealkylation sites (tertiary alicyclic amines) is 1. The van der Waals surface area contributed by atoms with Crippen molar-refractivity contribution in [3.8, 4) is 5.75 Å². The highest BCUT2D eigenvalue weighted by atomic mass is 16.5. The fourth-order valence-electron chi connectivity index (χ4n) is 3.56. The molecule has 1 N–H and O–H groups in total. The third kappa shape index (κ3) is 4.77. The van der Waals surface area contributed by atoms with Crippen molar-refractivity contribution in [3.05, 3.63) is 65.0 Å². The largest absolute Gasteiger partial charge is 0.507 e. The number of Topliss-reactive ketones (excluding diaryl/α,β-unsaturated/α-hetero) is 1. The number of ether oxygens (including phenoxy) is 2. The van der Waals surface area contributed by atoms with Gasteiger partial charge in [0.15, 0.2) is 0 Å². The highest BCUT2D eigenvalue weighted by Gasteiger charge is 2.45. The van der Waals surface area contributed by atoms with Crippen molar-refractivity contribution in [1.29, 1.82) is 0 Å². The Bertz CT molecular complexity index is 985. The van der Waals surface area contributed by atoms with E-state index >= 15 is 0 Å². The van der Waals surface area contributed by atoms with Crippen LogP contribution < -0.4 is 4.74 Å². The van der Waals surface area contributed by atoms with Crippen LogP contribution in [-0.4, -0.2) is 53.5 Å². The monoisotopic (exact) mass is 424 g/mol. The Morgan fingerprint density at radius 2 is 1.90 bits per heavy atom. The third-order valence-corrected chi connectivity index (χ3v) is 5.12. The first kappa shape index (κ1) is 22.5. The number of aryl methyl sites for hydroxylation is 1. The van der Waals surface area contributed by atoms with Gasteiger partial charge in [0.2, 0.25) is 0 Å². The van der Waals surface area contributed by atoms with Crippen molar-refractivity contribution < 1.29 is 24.2 Å². The maximum absolute atomic E-state index is 12.9. The summed E-state index contributed by atoms with van der Waals surface area (Å²) < 4.78 is 10.9. The first-order valence-corrected chi connectivity index (χ1v) is 10.3. The van der Waals surface area contributed by atoms with Crippen LogP contribution in [-0.2, 0) is 14.3 Å². The maximum atomic E-state index is 12.9. The van der Waals surface area contributed by atoms with Gasteiger partial charge in [0, 0.05) is 31.6 Å². The SMILES string of the molecule is COCCN1C(=O)C(=O)C(=C(O)c2ccc(OCC(C)C)c(C)c2)C1c1ccncc1. The zero-order valence-corrected chi connectivity index (χ0v) is 18.3. The molecule has 164 valence electrons. The highest BCUT2D eigenvalue weighted by molar-refractivity contribution is 6.46. The fraction of sp³-hybridized carbons (Fsp3) is 0.375. The fourth-order valence-corrected chi connectivity index (χ4v) is 3.56. The third-order valence-electron chi connectivity index (χ3n) is 5.12. The molecule has 0 radical (unpaired) electrons. The number of amides is 1. The number of methoxy groups -OCH3 is 1. The van der Waals surface area contributed by atoms with E-state index in [0.717, 1.165) is 11.3 Å². The molecule has 1 unspecified atom stereocenters. The minimum absolute atomic E-state index is 0.0579. The minimum atomic E-state index is -0.715. The number of nitrogens with zero attached hydrogens (tertiary/aromatic N) is 2. The molecule has 7 nitrogen and oxygen atoms in total. The molecule has 2 heterocycles. The molecule has 31 heavy (non-hydrogen) atoms. The molecule has 1 aliphatic rings. The number of benzene rings is 1. The first-order valence-electron chi connectivity index (χ1n) is 10.3. The Kier molecular flexibility index (Phi) is 7.07. The van der Waals surface area contributed by atoms with Gasteiger partial charge in [-0.3, -0.25) is 14.6 Å². The number of pyridine rings is 1. The molecule has 1 aliphatic heterocycles. The summed E-state index contributed by atoms with van der Waals surface area (Å²) in [6.07, 6.45) is 3.19. The number of hydrogen-bond acceptors (Lipinski definition) is 6. The van der Waals surface area contributed by atoms with Crippen molar-refractivity contribution in [3.63, 3.8) is 0 Å². The predicted octanol–water partition coefficient (Wildman–Crippen LogP) is 3.49. The van der Waals surface area contributed by atoms with E-state index in [1.54, 1.807) is 42.7 Å². The van der Waals surface area contributed by atoms with Crippen molar-refractivity contribution >= 4 is 17.4 Å². The van der Waals surface area contributed by atoms with Crippen molar-refractivity contribution in [2.24, 2.45) is 5.92 Å². The zero-order valence-electron chi connectivity index (χ0n) is 18.3. The van der Waals surface area contributed by atoms with E-state index in [2.05, 4.69) is 18.8 Å². The van der Waals surface area contributed by atoms with Crippen LogP contribution in [0.25, 0.3) is 5.76 Å². The number of carbonyl (C=O) groups is 2. The van der Waals surface area contributed by atoms with Crippen molar-refractivity contribution in [2.45, 2.75) is 26.8 Å². The lowest BCUT2D eigenvalue weighted by molar-refractivity contribution is -0.140. The molecule has 1 saturated heterocycles. The number of ketones is 1. The number of rotatable bonds is 8. The topological polar surface area (TPSA) is 89.0 Å². The van der Waals surface area contributed by atoms with Crippen LogP contribution in [0.2, 0.25) is 0 Å². The number of aliphatic hydroxyl groups is 1. The van der Waals surface area contributed by atoms with Gasteiger partial charge in [0.1, 0.15) is 11.5 Å². The van der Waals surface area contributed by atoms with E-state index in [1.165, 1.54) is 12.0 Å². The molecule has 1 aromatic heterocycles. The van der Waals surface area contributed by atoms with Gasteiger partial charge >= 0.3 is 0 Å². The second-order valence-electron chi connectivity index (χ2n) is 7.95. The van der Waals surface area contributed by atoms with E-state index in [4.69, 9.17) is 9.47 Å². The molecular formula is C24H28N2O5. The van der Waals surface area contributed by atoms with Crippen molar-refractivity contribution in [2.75, 3.05) is 26.9 Å². The van der Waals surface area contributed by atoms with Crippen LogP contribution in [0.4, 0.5) is 0 Å². The average molecular weight is 424 g/mol. The lowest BCUT2D eigenvalue weighted by Crippen LogP contribution is -2.32. The summed E-state index contributed by atoms with van der Waals surface area (Å²) in [6, 6.07) is 7.99. The second kappa shape index (κ2) is 9.75. The summed E-state index contributed by atoms with van der Waals surface area (Å²) in [5, 5.41) is 11.1. The molecule has 0 spiro atoms. The van der Waals surface area contributed by atoms with Crippen LogP contribution in [0.5, 0.6) is 5.75 Å². The van der Waals surface area contributed by atoms with Crippen LogP contribution in [0, 0.1) is 12.8 Å². The Hall–Kier alpha value is -3.19. The molecule has 0 bridgehead atoms. The predicted molar refractivity (Wildman–Crippen MR) is 117 cm³/mol. The Balaban J connectivity index is 2.05. The molecule has 0 saturated carbocycles. The summed E-state index contributed by atoms with van der Waals surface area (Å²) >= 11 is 0. The Labute approximate surface area is 182 Å². The van der Waals surface area contributed by atoms with Gasteiger partial charge in [-0.05, 0) is 54.3 Å². The van der Waals surface area contributed by atoms with E-state index in [1.807, 2.05) is 6.92 Å². The zero-order chi connectivity index (χ0) is 22.5. The number of hydrogen-bond donors (Lipinski definition) is 1. The first-order chi connectivity index (χ1) is 14.8. The highest BCUT2D eigenvalue weighted by Crippen LogP contribution is 2.39. The number of carbonyl (C=O) groups excluding carboxylic acids is 2. The summed E-state index contributed by atoms with van der Waals surface area (Å²) in [5.41, 5.74) is 2.04. The number of aromatic nitrogens is 1. The molecule has 1 fully saturated rings. The molecule has 2 aromatic rings.